The van der Waals surface area contributed by atoms with Crippen LogP contribution in [0.2, 0.25) is 0 Å². The Kier molecular flexibility index (Phi) is 1.69. The summed E-state index contributed by atoms with van der Waals surface area (Å²) in [5.74, 6) is 0.119. The average Bonchev–Trinajstić information content (AvgIpc) is 2.39. The summed E-state index contributed by atoms with van der Waals surface area (Å²) in [5.41, 5.74) is 2.87. The van der Waals surface area contributed by atoms with Crippen molar-refractivity contribution in [3.63, 3.8) is 0 Å². The fraction of sp³-hybridized carbons (Fsp3) is 0.182. The van der Waals surface area contributed by atoms with Crippen LogP contribution in [0.5, 0.6) is 0 Å². The van der Waals surface area contributed by atoms with E-state index >= 15 is 0 Å². The molecule has 1 aromatic carbocycles. The normalized spacial score (nSPS) is 14.5. The number of anilines is 1. The maximum Gasteiger partial charge on any atom is 0.235 e. The molecule has 0 aliphatic carbocycles. The SMILES string of the molecule is C=C(C)N1C(=O)Cc2ccccc21. The van der Waals surface area contributed by atoms with Crippen LogP contribution in [0, 0.1) is 0 Å². The van der Waals surface area contributed by atoms with Crippen molar-refractivity contribution in [2.75, 3.05) is 4.90 Å². The molecule has 0 bridgehead atoms. The predicted octanol–water partition coefficient (Wildman–Crippen LogP) is 2.11. The molecule has 0 unspecified atom stereocenters. The highest BCUT2D eigenvalue weighted by Gasteiger charge is 2.26. The molecule has 1 amide bonds. The zero-order valence-electron chi connectivity index (χ0n) is 7.58. The van der Waals surface area contributed by atoms with Gasteiger partial charge in [0, 0.05) is 5.70 Å². The molecule has 1 heterocycles. The summed E-state index contributed by atoms with van der Waals surface area (Å²) in [6, 6.07) is 7.83. The van der Waals surface area contributed by atoms with Crippen molar-refractivity contribution in [2.45, 2.75) is 13.3 Å². The molecule has 66 valence electrons. The second kappa shape index (κ2) is 2.73. The molecule has 2 rings (SSSR count). The molecule has 2 heteroatoms. The molecule has 0 N–H and O–H groups in total. The van der Waals surface area contributed by atoms with Gasteiger partial charge in [-0.25, -0.2) is 0 Å². The highest BCUT2D eigenvalue weighted by Crippen LogP contribution is 2.30. The van der Waals surface area contributed by atoms with Crippen molar-refractivity contribution in [2.24, 2.45) is 0 Å². The molecule has 0 saturated carbocycles. The number of amides is 1. The van der Waals surface area contributed by atoms with Crippen LogP contribution in [-0.4, -0.2) is 5.91 Å². The van der Waals surface area contributed by atoms with Crippen LogP contribution in [-0.2, 0) is 11.2 Å². The van der Waals surface area contributed by atoms with Crippen molar-refractivity contribution >= 4 is 11.6 Å². The first-order valence-corrected chi connectivity index (χ1v) is 4.26. The third kappa shape index (κ3) is 1.15. The lowest BCUT2D eigenvalue weighted by molar-refractivity contribution is -0.116. The first-order valence-electron chi connectivity index (χ1n) is 4.26. The number of para-hydroxylation sites is 1. The van der Waals surface area contributed by atoms with E-state index in [1.807, 2.05) is 31.2 Å². The maximum absolute atomic E-state index is 11.5. The molecule has 2 nitrogen and oxygen atoms in total. The standard InChI is InChI=1S/C11H11NO/c1-8(2)12-10-6-4-3-5-9(10)7-11(12)13/h3-6H,1,7H2,2H3. The Morgan fingerprint density at radius 2 is 2.15 bits per heavy atom. The Balaban J connectivity index is 2.52. The van der Waals surface area contributed by atoms with Crippen molar-refractivity contribution < 1.29 is 4.79 Å². The summed E-state index contributed by atoms with van der Waals surface area (Å²) in [4.78, 5) is 13.2. The number of rotatable bonds is 1. The molecule has 1 aromatic rings. The third-order valence-electron chi connectivity index (χ3n) is 2.21. The molecule has 0 radical (unpaired) electrons. The Hall–Kier alpha value is -1.57. The van der Waals surface area contributed by atoms with Gasteiger partial charge in [0.25, 0.3) is 0 Å². The van der Waals surface area contributed by atoms with E-state index < -0.39 is 0 Å². The fourth-order valence-corrected chi connectivity index (χ4v) is 1.67. The van der Waals surface area contributed by atoms with Crippen LogP contribution >= 0.6 is 0 Å². The lowest BCUT2D eigenvalue weighted by Crippen LogP contribution is -2.23. The number of fused-ring (bicyclic) bond motifs is 1. The van der Waals surface area contributed by atoms with Gasteiger partial charge in [0.05, 0.1) is 12.1 Å². The highest BCUT2D eigenvalue weighted by molar-refractivity contribution is 6.03. The molecular formula is C11H11NO. The van der Waals surface area contributed by atoms with Crippen molar-refractivity contribution in [3.8, 4) is 0 Å². The minimum absolute atomic E-state index is 0.119. The molecule has 0 saturated heterocycles. The minimum Gasteiger partial charge on any atom is -0.285 e. The molecule has 1 aliphatic heterocycles. The second-order valence-corrected chi connectivity index (χ2v) is 3.27. The van der Waals surface area contributed by atoms with Gasteiger partial charge in [0.15, 0.2) is 0 Å². The van der Waals surface area contributed by atoms with E-state index in [1.54, 1.807) is 4.90 Å². The van der Waals surface area contributed by atoms with Crippen LogP contribution in [0.15, 0.2) is 36.5 Å². The van der Waals surface area contributed by atoms with E-state index in [9.17, 15) is 4.79 Å². The summed E-state index contributed by atoms with van der Waals surface area (Å²) < 4.78 is 0. The largest absolute Gasteiger partial charge is 0.285 e. The van der Waals surface area contributed by atoms with Gasteiger partial charge in [-0.3, -0.25) is 9.69 Å². The van der Waals surface area contributed by atoms with E-state index in [0.29, 0.717) is 6.42 Å². The Bertz CT molecular complexity index is 381. The monoisotopic (exact) mass is 173 g/mol. The summed E-state index contributed by atoms with van der Waals surface area (Å²) in [6.45, 7) is 5.64. The summed E-state index contributed by atoms with van der Waals surface area (Å²) in [6.07, 6.45) is 0.503. The Morgan fingerprint density at radius 3 is 2.85 bits per heavy atom. The van der Waals surface area contributed by atoms with E-state index in [0.717, 1.165) is 16.9 Å². The number of benzene rings is 1. The number of hydrogen-bond donors (Lipinski definition) is 0. The Morgan fingerprint density at radius 1 is 1.46 bits per heavy atom. The average molecular weight is 173 g/mol. The van der Waals surface area contributed by atoms with Crippen LogP contribution in [0.1, 0.15) is 12.5 Å². The fourth-order valence-electron chi connectivity index (χ4n) is 1.67. The highest BCUT2D eigenvalue weighted by atomic mass is 16.2. The first-order chi connectivity index (χ1) is 6.20. The first kappa shape index (κ1) is 8.05. The van der Waals surface area contributed by atoms with Gasteiger partial charge < -0.3 is 0 Å². The van der Waals surface area contributed by atoms with Gasteiger partial charge in [0.2, 0.25) is 5.91 Å². The van der Waals surface area contributed by atoms with E-state index in [1.165, 1.54) is 0 Å². The summed E-state index contributed by atoms with van der Waals surface area (Å²) >= 11 is 0. The number of allylic oxidation sites excluding steroid dienone is 1. The zero-order valence-corrected chi connectivity index (χ0v) is 7.58. The van der Waals surface area contributed by atoms with Gasteiger partial charge in [-0.1, -0.05) is 24.8 Å². The lowest BCUT2D eigenvalue weighted by atomic mass is 10.2. The number of hydrogen-bond acceptors (Lipinski definition) is 1. The van der Waals surface area contributed by atoms with Gasteiger partial charge in [-0.15, -0.1) is 0 Å². The minimum atomic E-state index is 0.119. The second-order valence-electron chi connectivity index (χ2n) is 3.27. The van der Waals surface area contributed by atoms with Crippen LogP contribution < -0.4 is 4.90 Å². The van der Waals surface area contributed by atoms with Gasteiger partial charge in [0.1, 0.15) is 0 Å². The van der Waals surface area contributed by atoms with Crippen LogP contribution in [0.25, 0.3) is 0 Å². The topological polar surface area (TPSA) is 20.3 Å². The van der Waals surface area contributed by atoms with Crippen molar-refractivity contribution in [3.05, 3.63) is 42.1 Å². The third-order valence-corrected chi connectivity index (χ3v) is 2.21. The van der Waals surface area contributed by atoms with Gasteiger partial charge >= 0.3 is 0 Å². The molecule has 13 heavy (non-hydrogen) atoms. The lowest BCUT2D eigenvalue weighted by Gasteiger charge is -2.16. The van der Waals surface area contributed by atoms with Crippen LogP contribution in [0.3, 0.4) is 0 Å². The molecule has 0 aromatic heterocycles. The molecule has 0 spiro atoms. The predicted molar refractivity (Wildman–Crippen MR) is 52.4 cm³/mol. The smallest absolute Gasteiger partial charge is 0.235 e. The van der Waals surface area contributed by atoms with E-state index in [-0.39, 0.29) is 5.91 Å². The van der Waals surface area contributed by atoms with Crippen LogP contribution in [0.4, 0.5) is 5.69 Å². The Labute approximate surface area is 77.5 Å². The summed E-state index contributed by atoms with van der Waals surface area (Å²) in [5, 5.41) is 0. The van der Waals surface area contributed by atoms with Crippen molar-refractivity contribution in [1.82, 2.24) is 0 Å². The van der Waals surface area contributed by atoms with Gasteiger partial charge in [-0.05, 0) is 18.6 Å². The maximum atomic E-state index is 11.5. The van der Waals surface area contributed by atoms with E-state index in [2.05, 4.69) is 6.58 Å². The molecule has 0 fully saturated rings. The molecule has 0 atom stereocenters. The van der Waals surface area contributed by atoms with E-state index in [4.69, 9.17) is 0 Å². The van der Waals surface area contributed by atoms with Gasteiger partial charge in [-0.2, -0.15) is 0 Å². The molecule has 1 aliphatic rings. The number of carbonyl (C=O) groups excluding carboxylic acids is 1. The van der Waals surface area contributed by atoms with Crippen molar-refractivity contribution in [1.29, 1.82) is 0 Å². The zero-order chi connectivity index (χ0) is 9.42. The quantitative estimate of drug-likeness (QED) is 0.637. The molecular weight excluding hydrogens is 162 g/mol. The summed E-state index contributed by atoms with van der Waals surface area (Å²) in [7, 11) is 0. The number of carbonyl (C=O) groups is 1. The number of nitrogens with zero attached hydrogens (tertiary/aromatic N) is 1.